The van der Waals surface area contributed by atoms with Gasteiger partial charge < -0.3 is 4.90 Å². The minimum atomic E-state index is -3.41. The van der Waals surface area contributed by atoms with E-state index < -0.39 is 10.0 Å². The first-order valence-electron chi connectivity index (χ1n) is 6.64. The van der Waals surface area contributed by atoms with Crippen molar-refractivity contribution >= 4 is 10.0 Å². The van der Waals surface area contributed by atoms with Crippen LogP contribution in [0.4, 0.5) is 0 Å². The van der Waals surface area contributed by atoms with Gasteiger partial charge in [0.2, 0.25) is 10.0 Å². The highest BCUT2D eigenvalue weighted by atomic mass is 32.2. The van der Waals surface area contributed by atoms with Crippen LogP contribution in [0.15, 0.2) is 17.3 Å². The number of hydrogen-bond donors (Lipinski definition) is 0. The fraction of sp³-hybridized carbons (Fsp3) is 0.750. The number of piperidine rings is 1. The number of hydrogen-bond acceptors (Lipinski definition) is 4. The maximum atomic E-state index is 12.5. The normalized spacial score (nSPS) is 19.2. The molecule has 0 saturated carbocycles. The first-order chi connectivity index (χ1) is 8.95. The third kappa shape index (κ3) is 2.98. The highest BCUT2D eigenvalue weighted by Crippen LogP contribution is 2.22. The summed E-state index contributed by atoms with van der Waals surface area (Å²) < 4.78 is 27.9. The Morgan fingerprint density at radius 2 is 2.05 bits per heavy atom. The quantitative estimate of drug-likeness (QED) is 0.810. The molecule has 1 aromatic rings. The number of nitrogens with zero attached hydrogens (tertiary/aromatic N) is 4. The van der Waals surface area contributed by atoms with Crippen molar-refractivity contribution in [2.45, 2.75) is 30.7 Å². The third-order valence-corrected chi connectivity index (χ3v) is 5.74. The van der Waals surface area contributed by atoms with Crippen LogP contribution in [-0.2, 0) is 17.1 Å². The summed E-state index contributed by atoms with van der Waals surface area (Å²) in [5.41, 5.74) is 0. The van der Waals surface area contributed by atoms with Gasteiger partial charge in [0, 0.05) is 26.3 Å². The summed E-state index contributed by atoms with van der Waals surface area (Å²) in [5, 5.41) is 3.94. The first-order valence-corrected chi connectivity index (χ1v) is 8.08. The smallest absolute Gasteiger partial charge is 0.246 e. The van der Waals surface area contributed by atoms with E-state index in [1.807, 2.05) is 0 Å². The molecule has 1 fully saturated rings. The first kappa shape index (κ1) is 14.5. The lowest BCUT2D eigenvalue weighted by Gasteiger charge is -2.35. The monoisotopic (exact) mass is 286 g/mol. The van der Waals surface area contributed by atoms with Crippen molar-refractivity contribution in [3.63, 3.8) is 0 Å². The van der Waals surface area contributed by atoms with Crippen LogP contribution in [0.3, 0.4) is 0 Å². The van der Waals surface area contributed by atoms with Gasteiger partial charge in [-0.2, -0.15) is 9.40 Å². The van der Waals surface area contributed by atoms with Crippen LogP contribution in [0, 0.1) is 0 Å². The van der Waals surface area contributed by atoms with Crippen molar-refractivity contribution in [3.8, 4) is 0 Å². The van der Waals surface area contributed by atoms with Crippen molar-refractivity contribution in [2.75, 3.05) is 26.7 Å². The Labute approximate surface area is 115 Å². The average molecular weight is 286 g/mol. The van der Waals surface area contributed by atoms with Gasteiger partial charge in [0.25, 0.3) is 0 Å². The van der Waals surface area contributed by atoms with E-state index in [1.165, 1.54) is 15.2 Å². The molecule has 0 atom stereocenters. The van der Waals surface area contributed by atoms with E-state index >= 15 is 0 Å². The molecule has 1 aliphatic rings. The molecule has 2 heterocycles. The summed E-state index contributed by atoms with van der Waals surface area (Å²) in [6.45, 7) is 5.10. The van der Waals surface area contributed by atoms with Gasteiger partial charge in [-0.3, -0.25) is 4.68 Å². The van der Waals surface area contributed by atoms with E-state index in [1.54, 1.807) is 20.3 Å². The predicted octanol–water partition coefficient (Wildman–Crippen LogP) is 0.525. The van der Waals surface area contributed by atoms with Crippen LogP contribution in [0.1, 0.15) is 19.8 Å². The van der Waals surface area contributed by atoms with Gasteiger partial charge in [-0.25, -0.2) is 8.42 Å². The Kier molecular flexibility index (Phi) is 4.27. The summed E-state index contributed by atoms with van der Waals surface area (Å²) in [6, 6.07) is 0.0907. The van der Waals surface area contributed by atoms with Crippen LogP contribution in [-0.4, -0.2) is 60.1 Å². The number of aryl methyl sites for hydroxylation is 1. The molecule has 0 N–H and O–H groups in total. The molecular weight excluding hydrogens is 264 g/mol. The topological polar surface area (TPSA) is 58.4 Å². The van der Waals surface area contributed by atoms with Gasteiger partial charge in [-0.15, -0.1) is 0 Å². The fourth-order valence-electron chi connectivity index (χ4n) is 2.49. The minimum Gasteiger partial charge on any atom is -0.303 e. The number of likely N-dealkylation sites (tertiary alicyclic amines) is 1. The number of aromatic nitrogens is 2. The lowest BCUT2D eigenvalue weighted by molar-refractivity contribution is 0.176. The molecule has 0 radical (unpaired) electrons. The molecule has 7 heteroatoms. The third-order valence-electron chi connectivity index (χ3n) is 3.88. The summed E-state index contributed by atoms with van der Waals surface area (Å²) in [7, 11) is -0.0143. The molecule has 0 bridgehead atoms. The highest BCUT2D eigenvalue weighted by molar-refractivity contribution is 7.89. The SMILES string of the molecule is CCN1CCC(N(C)S(=O)(=O)c2cnn(C)c2)CC1. The zero-order chi connectivity index (χ0) is 14.0. The summed E-state index contributed by atoms with van der Waals surface area (Å²) >= 11 is 0. The summed E-state index contributed by atoms with van der Waals surface area (Å²) in [4.78, 5) is 2.62. The average Bonchev–Trinajstić information content (AvgIpc) is 2.85. The summed E-state index contributed by atoms with van der Waals surface area (Å²) in [6.07, 6.45) is 4.74. The van der Waals surface area contributed by atoms with E-state index in [4.69, 9.17) is 0 Å². The Morgan fingerprint density at radius 1 is 1.42 bits per heavy atom. The molecule has 1 aliphatic heterocycles. The zero-order valence-electron chi connectivity index (χ0n) is 11.8. The second-order valence-electron chi connectivity index (χ2n) is 5.04. The van der Waals surface area contributed by atoms with E-state index in [9.17, 15) is 8.42 Å². The van der Waals surface area contributed by atoms with Crippen LogP contribution < -0.4 is 0 Å². The van der Waals surface area contributed by atoms with Crippen molar-refractivity contribution < 1.29 is 8.42 Å². The van der Waals surface area contributed by atoms with Gasteiger partial charge in [0.1, 0.15) is 4.90 Å². The lowest BCUT2D eigenvalue weighted by Crippen LogP contribution is -2.45. The largest absolute Gasteiger partial charge is 0.303 e. The highest BCUT2D eigenvalue weighted by Gasteiger charge is 2.31. The number of rotatable bonds is 4. The molecule has 1 saturated heterocycles. The standard InChI is InChI=1S/C12H22N4O2S/c1-4-16-7-5-11(6-8-16)15(3)19(17,18)12-9-13-14(2)10-12/h9-11H,4-8H2,1-3H3. The van der Waals surface area contributed by atoms with Crippen molar-refractivity contribution in [1.82, 2.24) is 19.0 Å². The van der Waals surface area contributed by atoms with Gasteiger partial charge in [-0.05, 0) is 32.5 Å². The van der Waals surface area contributed by atoms with Crippen LogP contribution in [0.25, 0.3) is 0 Å². The van der Waals surface area contributed by atoms with Gasteiger partial charge in [0.05, 0.1) is 6.20 Å². The zero-order valence-corrected chi connectivity index (χ0v) is 12.6. The Bertz CT molecular complexity index is 518. The van der Waals surface area contributed by atoms with Crippen molar-refractivity contribution in [3.05, 3.63) is 12.4 Å². The van der Waals surface area contributed by atoms with Crippen molar-refractivity contribution in [1.29, 1.82) is 0 Å². The second-order valence-corrected chi connectivity index (χ2v) is 7.03. The maximum Gasteiger partial charge on any atom is 0.246 e. The van der Waals surface area contributed by atoms with Crippen LogP contribution >= 0.6 is 0 Å². The molecule has 0 spiro atoms. The van der Waals surface area contributed by atoms with E-state index in [0.29, 0.717) is 0 Å². The second kappa shape index (κ2) is 5.60. The Hall–Kier alpha value is -0.920. The molecular formula is C12H22N4O2S. The molecule has 0 amide bonds. The van der Waals surface area contributed by atoms with Crippen molar-refractivity contribution in [2.24, 2.45) is 7.05 Å². The van der Waals surface area contributed by atoms with E-state index in [2.05, 4.69) is 16.9 Å². The minimum absolute atomic E-state index is 0.0907. The molecule has 0 aliphatic carbocycles. The Balaban J connectivity index is 2.09. The van der Waals surface area contributed by atoms with Gasteiger partial charge in [-0.1, -0.05) is 6.92 Å². The molecule has 19 heavy (non-hydrogen) atoms. The summed E-state index contributed by atoms with van der Waals surface area (Å²) in [5.74, 6) is 0. The molecule has 108 valence electrons. The molecule has 2 rings (SSSR count). The lowest BCUT2D eigenvalue weighted by atomic mass is 10.1. The molecule has 0 unspecified atom stereocenters. The Morgan fingerprint density at radius 3 is 2.53 bits per heavy atom. The van der Waals surface area contributed by atoms with Gasteiger partial charge in [0.15, 0.2) is 0 Å². The van der Waals surface area contributed by atoms with Crippen LogP contribution in [0.5, 0.6) is 0 Å². The fourth-order valence-corrected chi connectivity index (χ4v) is 3.90. The maximum absolute atomic E-state index is 12.5. The molecule has 0 aromatic carbocycles. The number of sulfonamides is 1. The van der Waals surface area contributed by atoms with E-state index in [-0.39, 0.29) is 10.9 Å². The van der Waals surface area contributed by atoms with Gasteiger partial charge >= 0.3 is 0 Å². The predicted molar refractivity (Wildman–Crippen MR) is 73.3 cm³/mol. The van der Waals surface area contributed by atoms with Crippen LogP contribution in [0.2, 0.25) is 0 Å². The molecule has 1 aromatic heterocycles. The van der Waals surface area contributed by atoms with E-state index in [0.717, 1.165) is 32.5 Å². The molecule has 6 nitrogen and oxygen atoms in total.